The van der Waals surface area contributed by atoms with Gasteiger partial charge in [0.05, 0.1) is 6.04 Å². The van der Waals surface area contributed by atoms with Gasteiger partial charge in [0.1, 0.15) is 0 Å². The molecule has 0 spiro atoms. The van der Waals surface area contributed by atoms with Crippen molar-refractivity contribution in [2.75, 3.05) is 0 Å². The highest BCUT2D eigenvalue weighted by molar-refractivity contribution is 4.76. The summed E-state index contributed by atoms with van der Waals surface area (Å²) < 4.78 is 25.0. The molecule has 0 rings (SSSR count). The SMILES string of the molecule is CCC(C)CC(N)C(C)(F)F. The van der Waals surface area contributed by atoms with Gasteiger partial charge in [-0.15, -0.1) is 0 Å². The monoisotopic (exact) mass is 165 g/mol. The fraction of sp³-hybridized carbons (Fsp3) is 1.00. The van der Waals surface area contributed by atoms with E-state index in [-0.39, 0.29) is 5.92 Å². The van der Waals surface area contributed by atoms with Crippen LogP contribution in [0, 0.1) is 5.92 Å². The van der Waals surface area contributed by atoms with Crippen molar-refractivity contribution in [2.24, 2.45) is 11.7 Å². The number of rotatable bonds is 4. The molecular formula is C8H17F2N. The highest BCUT2D eigenvalue weighted by atomic mass is 19.3. The van der Waals surface area contributed by atoms with Crippen molar-refractivity contribution in [1.29, 1.82) is 0 Å². The van der Waals surface area contributed by atoms with Gasteiger partial charge in [-0.25, -0.2) is 8.78 Å². The van der Waals surface area contributed by atoms with Gasteiger partial charge in [-0.1, -0.05) is 20.3 Å². The quantitative estimate of drug-likeness (QED) is 0.680. The van der Waals surface area contributed by atoms with Gasteiger partial charge in [-0.3, -0.25) is 0 Å². The minimum Gasteiger partial charge on any atom is -0.323 e. The summed E-state index contributed by atoms with van der Waals surface area (Å²) >= 11 is 0. The summed E-state index contributed by atoms with van der Waals surface area (Å²) in [5.41, 5.74) is 5.28. The van der Waals surface area contributed by atoms with E-state index in [0.717, 1.165) is 13.3 Å². The van der Waals surface area contributed by atoms with Crippen molar-refractivity contribution in [3.05, 3.63) is 0 Å². The van der Waals surface area contributed by atoms with Crippen LogP contribution in [-0.2, 0) is 0 Å². The van der Waals surface area contributed by atoms with Crippen LogP contribution in [0.15, 0.2) is 0 Å². The third kappa shape index (κ3) is 4.30. The minimum atomic E-state index is -2.73. The molecule has 3 heteroatoms. The van der Waals surface area contributed by atoms with Gasteiger partial charge in [0.2, 0.25) is 0 Å². The van der Waals surface area contributed by atoms with E-state index in [1.54, 1.807) is 0 Å². The first-order valence-electron chi connectivity index (χ1n) is 4.01. The van der Waals surface area contributed by atoms with Crippen LogP contribution in [0.5, 0.6) is 0 Å². The van der Waals surface area contributed by atoms with E-state index in [1.165, 1.54) is 0 Å². The van der Waals surface area contributed by atoms with E-state index in [0.29, 0.717) is 6.42 Å². The summed E-state index contributed by atoms with van der Waals surface area (Å²) in [5, 5.41) is 0. The summed E-state index contributed by atoms with van der Waals surface area (Å²) in [7, 11) is 0. The molecule has 0 aliphatic rings. The van der Waals surface area contributed by atoms with E-state index in [9.17, 15) is 8.78 Å². The molecule has 0 saturated carbocycles. The second-order valence-corrected chi connectivity index (χ2v) is 3.31. The van der Waals surface area contributed by atoms with Crippen molar-refractivity contribution < 1.29 is 8.78 Å². The Hall–Kier alpha value is -0.180. The summed E-state index contributed by atoms with van der Waals surface area (Å²) in [5.74, 6) is -2.44. The zero-order valence-corrected chi connectivity index (χ0v) is 7.40. The van der Waals surface area contributed by atoms with Crippen molar-refractivity contribution in [3.63, 3.8) is 0 Å². The summed E-state index contributed by atoms with van der Waals surface area (Å²) in [6, 6.07) is -0.988. The van der Waals surface area contributed by atoms with Crippen molar-refractivity contribution in [1.82, 2.24) is 0 Å². The maximum absolute atomic E-state index is 12.5. The van der Waals surface area contributed by atoms with Crippen LogP contribution in [0.3, 0.4) is 0 Å². The lowest BCUT2D eigenvalue weighted by atomic mass is 9.97. The Bertz CT molecular complexity index is 109. The smallest absolute Gasteiger partial charge is 0.260 e. The molecule has 0 amide bonds. The Labute approximate surface area is 67.0 Å². The van der Waals surface area contributed by atoms with E-state index < -0.39 is 12.0 Å². The first-order chi connectivity index (χ1) is 4.88. The number of hydrogen-bond acceptors (Lipinski definition) is 1. The van der Waals surface area contributed by atoms with Crippen molar-refractivity contribution >= 4 is 0 Å². The maximum atomic E-state index is 12.5. The second-order valence-electron chi connectivity index (χ2n) is 3.31. The minimum absolute atomic E-state index is 0.288. The van der Waals surface area contributed by atoms with Crippen LogP contribution in [0.1, 0.15) is 33.6 Å². The van der Waals surface area contributed by atoms with Crippen molar-refractivity contribution in [3.8, 4) is 0 Å². The van der Waals surface area contributed by atoms with Gasteiger partial charge < -0.3 is 5.73 Å². The van der Waals surface area contributed by atoms with E-state index in [4.69, 9.17) is 5.73 Å². The molecule has 0 aliphatic carbocycles. The molecule has 0 radical (unpaired) electrons. The lowest BCUT2D eigenvalue weighted by Gasteiger charge is -2.21. The number of nitrogens with two attached hydrogens (primary N) is 1. The maximum Gasteiger partial charge on any atom is 0.260 e. The zero-order chi connectivity index (χ0) is 9.07. The van der Waals surface area contributed by atoms with Crippen LogP contribution in [-0.4, -0.2) is 12.0 Å². The molecule has 68 valence electrons. The molecular weight excluding hydrogens is 148 g/mol. The number of alkyl halides is 2. The van der Waals surface area contributed by atoms with Crippen molar-refractivity contribution in [2.45, 2.75) is 45.6 Å². The number of halogens is 2. The van der Waals surface area contributed by atoms with Crippen LogP contribution in [0.2, 0.25) is 0 Å². The lowest BCUT2D eigenvalue weighted by Crippen LogP contribution is -2.39. The molecule has 2 atom stereocenters. The molecule has 1 nitrogen and oxygen atoms in total. The van der Waals surface area contributed by atoms with Gasteiger partial charge in [-0.2, -0.15) is 0 Å². The fourth-order valence-corrected chi connectivity index (χ4v) is 0.807. The van der Waals surface area contributed by atoms with Crippen LogP contribution >= 0.6 is 0 Å². The van der Waals surface area contributed by atoms with Gasteiger partial charge in [0.25, 0.3) is 5.92 Å². The molecule has 11 heavy (non-hydrogen) atoms. The molecule has 0 bridgehead atoms. The predicted molar refractivity (Wildman–Crippen MR) is 42.7 cm³/mol. The zero-order valence-electron chi connectivity index (χ0n) is 7.40. The third-order valence-corrected chi connectivity index (χ3v) is 2.00. The first-order valence-corrected chi connectivity index (χ1v) is 4.01. The largest absolute Gasteiger partial charge is 0.323 e. The van der Waals surface area contributed by atoms with Gasteiger partial charge in [0.15, 0.2) is 0 Å². The normalized spacial score (nSPS) is 18.0. The Kier molecular flexibility index (Phi) is 3.93. The average molecular weight is 165 g/mol. The summed E-state index contributed by atoms with van der Waals surface area (Å²) in [4.78, 5) is 0. The Morgan fingerprint density at radius 3 is 2.18 bits per heavy atom. The molecule has 0 aromatic carbocycles. The van der Waals surface area contributed by atoms with Crippen LogP contribution in [0.4, 0.5) is 8.78 Å². The predicted octanol–water partition coefficient (Wildman–Crippen LogP) is 2.41. The molecule has 0 aromatic heterocycles. The van der Waals surface area contributed by atoms with Gasteiger partial charge in [-0.05, 0) is 12.3 Å². The van der Waals surface area contributed by atoms with Gasteiger partial charge in [0, 0.05) is 6.92 Å². The molecule has 0 saturated heterocycles. The fourth-order valence-electron chi connectivity index (χ4n) is 0.807. The van der Waals surface area contributed by atoms with Gasteiger partial charge >= 0.3 is 0 Å². The number of hydrogen-bond donors (Lipinski definition) is 1. The van der Waals surface area contributed by atoms with Crippen LogP contribution in [0.25, 0.3) is 0 Å². The van der Waals surface area contributed by atoms with E-state index in [1.807, 2.05) is 13.8 Å². The molecule has 0 heterocycles. The summed E-state index contributed by atoms with van der Waals surface area (Å²) in [6.07, 6.45) is 1.31. The highest BCUT2D eigenvalue weighted by Gasteiger charge is 2.31. The van der Waals surface area contributed by atoms with E-state index >= 15 is 0 Å². The lowest BCUT2D eigenvalue weighted by molar-refractivity contribution is -0.0121. The highest BCUT2D eigenvalue weighted by Crippen LogP contribution is 2.21. The van der Waals surface area contributed by atoms with E-state index in [2.05, 4.69) is 0 Å². The Balaban J connectivity index is 3.77. The molecule has 2 unspecified atom stereocenters. The Morgan fingerprint density at radius 2 is 1.91 bits per heavy atom. The average Bonchev–Trinajstić information content (AvgIpc) is 1.85. The Morgan fingerprint density at radius 1 is 1.45 bits per heavy atom. The molecule has 0 aromatic rings. The molecule has 0 fully saturated rings. The molecule has 0 aliphatic heterocycles. The first kappa shape index (κ1) is 10.8. The summed E-state index contributed by atoms with van der Waals surface area (Å²) in [6.45, 7) is 4.79. The van der Waals surface area contributed by atoms with Crippen LogP contribution < -0.4 is 5.73 Å². The third-order valence-electron chi connectivity index (χ3n) is 2.00. The second kappa shape index (κ2) is 4.00. The standard InChI is InChI=1S/C8H17F2N/c1-4-6(2)5-7(11)8(3,9)10/h6-7H,4-5,11H2,1-3H3. The topological polar surface area (TPSA) is 26.0 Å². The molecule has 2 N–H and O–H groups in total.